The van der Waals surface area contributed by atoms with E-state index in [1.54, 1.807) is 23.7 Å². The topological polar surface area (TPSA) is 157 Å². The SMILES string of the molecule is CC(C)(C)CNc1c(C#N)cnc2c(C#N)cc(N(C(=O)O)[C@H](c3cn(C4(C(F)(F)F)CC4)nn3)c3cccc4ncsc34)cc12. The van der Waals surface area contributed by atoms with Gasteiger partial charge in [-0.25, -0.2) is 14.5 Å². The fraction of sp³-hybridized carbons (Fsp3) is 0.323. The van der Waals surface area contributed by atoms with Gasteiger partial charge in [0.25, 0.3) is 0 Å². The standard InChI is InChI=1S/C31H26F3N9O2S/c1-29(2,3)15-38-25-18(12-36)13-37-24-17(11-35)9-19(10-21(24)25)43(28(44)45)26(20-5-4-6-22-27(20)46-16-39-22)23-14-42(41-40-23)30(7-8-30)31(32,33)34/h4-6,9-10,13-14,16,26H,7-8,15H2,1-3H3,(H,37,38)(H,44,45)/t26-/m0/s1. The average molecular weight is 646 g/mol. The van der Waals surface area contributed by atoms with E-state index in [4.69, 9.17) is 0 Å². The Morgan fingerprint density at radius 3 is 2.54 bits per heavy atom. The lowest BCUT2D eigenvalue weighted by Gasteiger charge is -2.29. The third-order valence-electron chi connectivity index (χ3n) is 7.90. The number of rotatable bonds is 7. The van der Waals surface area contributed by atoms with Crippen LogP contribution in [0.15, 0.2) is 48.2 Å². The van der Waals surface area contributed by atoms with Crippen molar-refractivity contribution >= 4 is 49.9 Å². The number of alkyl halides is 3. The van der Waals surface area contributed by atoms with E-state index in [1.807, 2.05) is 20.8 Å². The van der Waals surface area contributed by atoms with E-state index in [1.165, 1.54) is 29.7 Å². The number of thiazole rings is 1. The molecule has 0 spiro atoms. The Morgan fingerprint density at radius 1 is 1.17 bits per heavy atom. The summed E-state index contributed by atoms with van der Waals surface area (Å²) in [5, 5.41) is 42.4. The molecule has 1 fully saturated rings. The van der Waals surface area contributed by atoms with Crippen LogP contribution < -0.4 is 10.2 Å². The molecule has 3 aromatic heterocycles. The number of halogens is 3. The quantitative estimate of drug-likeness (QED) is 0.191. The Labute approximate surface area is 264 Å². The van der Waals surface area contributed by atoms with Gasteiger partial charge >= 0.3 is 12.3 Å². The summed E-state index contributed by atoms with van der Waals surface area (Å²) in [5.74, 6) is 0. The van der Waals surface area contributed by atoms with Crippen LogP contribution in [0.3, 0.4) is 0 Å². The monoisotopic (exact) mass is 645 g/mol. The lowest BCUT2D eigenvalue weighted by atomic mass is 9.96. The van der Waals surface area contributed by atoms with Crippen LogP contribution in [0.25, 0.3) is 21.1 Å². The van der Waals surface area contributed by atoms with Crippen molar-refractivity contribution in [3.05, 3.63) is 70.6 Å². The molecule has 234 valence electrons. The predicted molar refractivity (Wildman–Crippen MR) is 164 cm³/mol. The zero-order valence-corrected chi connectivity index (χ0v) is 25.6. The molecule has 2 N–H and O–H groups in total. The van der Waals surface area contributed by atoms with Crippen molar-refractivity contribution in [1.82, 2.24) is 25.0 Å². The van der Waals surface area contributed by atoms with Gasteiger partial charge in [-0.1, -0.05) is 38.1 Å². The molecule has 3 heterocycles. The van der Waals surface area contributed by atoms with E-state index in [2.05, 4.69) is 37.7 Å². The Bertz CT molecular complexity index is 2080. The van der Waals surface area contributed by atoms with E-state index in [-0.39, 0.29) is 46.3 Å². The van der Waals surface area contributed by atoms with Gasteiger partial charge in [0.1, 0.15) is 23.9 Å². The number of nitrogens with one attached hydrogen (secondary N) is 1. The Kier molecular flexibility index (Phi) is 7.32. The maximum absolute atomic E-state index is 14.0. The van der Waals surface area contributed by atoms with Gasteiger partial charge in [0, 0.05) is 23.7 Å². The van der Waals surface area contributed by atoms with Crippen LogP contribution in [0, 0.1) is 28.1 Å². The van der Waals surface area contributed by atoms with Crippen LogP contribution in [0.5, 0.6) is 0 Å². The Balaban J connectivity index is 1.60. The molecule has 1 aliphatic rings. The zero-order valence-electron chi connectivity index (χ0n) is 24.8. The Hall–Kier alpha value is -5.28. The first-order valence-corrected chi connectivity index (χ1v) is 15.0. The molecule has 0 radical (unpaired) electrons. The minimum Gasteiger partial charge on any atom is -0.465 e. The summed E-state index contributed by atoms with van der Waals surface area (Å²) in [6, 6.07) is 10.8. The molecule has 11 nitrogen and oxygen atoms in total. The van der Waals surface area contributed by atoms with Gasteiger partial charge in [0.15, 0.2) is 5.54 Å². The van der Waals surface area contributed by atoms with Gasteiger partial charge in [-0.3, -0.25) is 9.88 Å². The molecule has 1 atom stereocenters. The smallest absolute Gasteiger partial charge is 0.413 e. The van der Waals surface area contributed by atoms with Crippen molar-refractivity contribution in [1.29, 1.82) is 10.5 Å². The first kappa shape index (κ1) is 30.7. The average Bonchev–Trinajstić information content (AvgIpc) is 3.44. The van der Waals surface area contributed by atoms with Crippen molar-refractivity contribution in [2.75, 3.05) is 16.8 Å². The number of amides is 1. The van der Waals surface area contributed by atoms with Gasteiger partial charge in [0.2, 0.25) is 0 Å². The van der Waals surface area contributed by atoms with Gasteiger partial charge in [-0.15, -0.1) is 16.4 Å². The number of nitriles is 2. The van der Waals surface area contributed by atoms with E-state index in [0.29, 0.717) is 33.4 Å². The number of benzene rings is 2. The highest BCUT2D eigenvalue weighted by Crippen LogP contribution is 2.55. The maximum Gasteiger partial charge on any atom is 0.413 e. The van der Waals surface area contributed by atoms with Gasteiger partial charge in [-0.05, 0) is 36.5 Å². The summed E-state index contributed by atoms with van der Waals surface area (Å²) in [5.41, 5.74) is 0.970. The number of hydrogen-bond donors (Lipinski definition) is 2. The molecule has 0 saturated heterocycles. The number of anilines is 2. The van der Waals surface area contributed by atoms with Crippen molar-refractivity contribution in [3.63, 3.8) is 0 Å². The molecule has 1 aliphatic carbocycles. The number of hydrogen-bond acceptors (Lipinski definition) is 9. The minimum absolute atomic E-state index is 0.0188. The van der Waals surface area contributed by atoms with Gasteiger partial charge < -0.3 is 10.4 Å². The molecule has 1 saturated carbocycles. The maximum atomic E-state index is 14.0. The second-order valence-electron chi connectivity index (χ2n) is 12.3. The molecule has 15 heteroatoms. The van der Waals surface area contributed by atoms with Gasteiger partial charge in [0.05, 0.1) is 49.9 Å². The predicted octanol–water partition coefficient (Wildman–Crippen LogP) is 6.96. The molecule has 6 rings (SSSR count). The Morgan fingerprint density at radius 2 is 1.91 bits per heavy atom. The fourth-order valence-electron chi connectivity index (χ4n) is 5.44. The van der Waals surface area contributed by atoms with E-state index >= 15 is 0 Å². The molecular weight excluding hydrogens is 619 g/mol. The van der Waals surface area contributed by atoms with Crippen LogP contribution in [-0.2, 0) is 5.54 Å². The minimum atomic E-state index is -4.58. The first-order valence-electron chi connectivity index (χ1n) is 14.1. The molecule has 0 bridgehead atoms. The number of nitrogens with zero attached hydrogens (tertiary/aromatic N) is 8. The molecule has 2 aromatic carbocycles. The third kappa shape index (κ3) is 5.22. The second-order valence-corrected chi connectivity index (χ2v) is 13.1. The van der Waals surface area contributed by atoms with E-state index < -0.39 is 23.9 Å². The lowest BCUT2D eigenvalue weighted by Crippen LogP contribution is -2.36. The van der Waals surface area contributed by atoms with Crippen LogP contribution in [0.1, 0.15) is 62.0 Å². The normalized spacial score (nSPS) is 14.9. The largest absolute Gasteiger partial charge is 0.465 e. The molecule has 46 heavy (non-hydrogen) atoms. The zero-order chi connectivity index (χ0) is 33.0. The molecule has 0 unspecified atom stereocenters. The number of carboxylic acid groups (broad SMARTS) is 1. The number of carbonyl (C=O) groups is 1. The van der Waals surface area contributed by atoms with Crippen molar-refractivity contribution < 1.29 is 23.1 Å². The fourth-order valence-corrected chi connectivity index (χ4v) is 6.27. The van der Waals surface area contributed by atoms with Crippen LogP contribution in [0.2, 0.25) is 0 Å². The summed E-state index contributed by atoms with van der Waals surface area (Å²) in [6.07, 6.45) is -3.91. The van der Waals surface area contributed by atoms with Crippen LogP contribution in [-0.4, -0.2) is 48.9 Å². The number of pyridine rings is 1. The van der Waals surface area contributed by atoms with Gasteiger partial charge in [-0.2, -0.15) is 23.7 Å². The van der Waals surface area contributed by atoms with Crippen molar-refractivity contribution in [3.8, 4) is 12.1 Å². The highest BCUT2D eigenvalue weighted by Gasteiger charge is 2.66. The number of aromatic nitrogens is 5. The molecule has 0 aliphatic heterocycles. The summed E-state index contributed by atoms with van der Waals surface area (Å²) in [4.78, 5) is 22.9. The molecule has 5 aromatic rings. The van der Waals surface area contributed by atoms with E-state index in [0.717, 1.165) is 15.8 Å². The highest BCUT2D eigenvalue weighted by atomic mass is 32.1. The summed E-state index contributed by atoms with van der Waals surface area (Å²) in [6.45, 7) is 6.43. The molecular formula is C31H26F3N9O2S. The van der Waals surface area contributed by atoms with Crippen LogP contribution in [0.4, 0.5) is 29.3 Å². The van der Waals surface area contributed by atoms with Crippen molar-refractivity contribution in [2.24, 2.45) is 5.41 Å². The summed E-state index contributed by atoms with van der Waals surface area (Å²) < 4.78 is 43.5. The summed E-state index contributed by atoms with van der Waals surface area (Å²) in [7, 11) is 0. The van der Waals surface area contributed by atoms with E-state index in [9.17, 15) is 33.6 Å². The highest BCUT2D eigenvalue weighted by molar-refractivity contribution is 7.17. The second kappa shape index (κ2) is 11.0. The summed E-state index contributed by atoms with van der Waals surface area (Å²) >= 11 is 1.24. The number of fused-ring (bicyclic) bond motifs is 2. The van der Waals surface area contributed by atoms with Crippen molar-refractivity contribution in [2.45, 2.75) is 51.4 Å². The first-order chi connectivity index (χ1) is 21.8. The third-order valence-corrected chi connectivity index (χ3v) is 8.79. The molecule has 1 amide bonds. The lowest BCUT2D eigenvalue weighted by molar-refractivity contribution is -0.183. The van der Waals surface area contributed by atoms with Crippen LogP contribution >= 0.6 is 11.3 Å².